The van der Waals surface area contributed by atoms with Crippen LogP contribution >= 0.6 is 45.2 Å². The van der Waals surface area contributed by atoms with Crippen molar-refractivity contribution in [1.82, 2.24) is 0 Å². The Morgan fingerprint density at radius 1 is 0.595 bits per heavy atom. The molecule has 0 aliphatic heterocycles. The Labute approximate surface area is 268 Å². The van der Waals surface area contributed by atoms with Crippen LogP contribution in [0.2, 0.25) is 0 Å². The van der Waals surface area contributed by atoms with Crippen LogP contribution in [0.25, 0.3) is 64.6 Å². The van der Waals surface area contributed by atoms with Gasteiger partial charge in [-0.3, -0.25) is 9.59 Å². The Morgan fingerprint density at radius 2 is 1.02 bits per heavy atom. The number of anilines is 1. The number of rotatable bonds is 5. The van der Waals surface area contributed by atoms with Crippen molar-refractivity contribution < 1.29 is 9.59 Å². The number of nitrogens with two attached hydrogens (primary N) is 1. The summed E-state index contributed by atoms with van der Waals surface area (Å²) in [6.07, 6.45) is 0. The van der Waals surface area contributed by atoms with Crippen molar-refractivity contribution in [2.45, 2.75) is 7.35 Å². The molecule has 0 radical (unpaired) electrons. The van der Waals surface area contributed by atoms with Gasteiger partial charge in [-0.2, -0.15) is 0 Å². The smallest absolute Gasteiger partial charge is 0.246 e. The van der Waals surface area contributed by atoms with E-state index in [1.165, 1.54) is 5.39 Å². The highest BCUT2D eigenvalue weighted by molar-refractivity contribution is 14.1. The lowest BCUT2D eigenvalue weighted by Gasteiger charge is -2.32. The lowest BCUT2D eigenvalue weighted by molar-refractivity contribution is -0.123. The van der Waals surface area contributed by atoms with E-state index in [0.717, 1.165) is 64.8 Å². The van der Waals surface area contributed by atoms with Crippen molar-refractivity contribution >= 4 is 127 Å². The SMILES string of the molecule is NC(=O)C(I)C(I)(C(=O)Nc1ccc2ccc3cccc4ccc1c2c34)c1ccc2ccc3cccc4ccc1c2c34. The number of halogens is 2. The van der Waals surface area contributed by atoms with Gasteiger partial charge in [-0.15, -0.1) is 0 Å². The third-order valence-corrected chi connectivity index (χ3v) is 13.1. The Hall–Kier alpha value is -3.76. The second kappa shape index (κ2) is 9.37. The fraction of sp³-hybridized carbons (Fsp3) is 0.0556. The number of benzene rings is 8. The predicted molar refractivity (Wildman–Crippen MR) is 192 cm³/mol. The van der Waals surface area contributed by atoms with Crippen LogP contribution < -0.4 is 11.1 Å². The number of hydrogen-bond donors (Lipinski definition) is 2. The summed E-state index contributed by atoms with van der Waals surface area (Å²) in [4.78, 5) is 27.4. The highest BCUT2D eigenvalue weighted by atomic mass is 127. The summed E-state index contributed by atoms with van der Waals surface area (Å²) in [7, 11) is 0. The molecule has 0 fully saturated rings. The molecule has 3 N–H and O–H groups in total. The van der Waals surface area contributed by atoms with Gasteiger partial charge in [0.1, 0.15) is 7.35 Å². The Balaban J connectivity index is 1.34. The maximum atomic E-state index is 14.6. The molecule has 0 saturated carbocycles. The number of primary amides is 1. The van der Waals surface area contributed by atoms with E-state index in [1.54, 1.807) is 0 Å². The highest BCUT2D eigenvalue weighted by Gasteiger charge is 2.48. The van der Waals surface area contributed by atoms with Gasteiger partial charge in [0.15, 0.2) is 0 Å². The van der Waals surface area contributed by atoms with Gasteiger partial charge < -0.3 is 11.1 Å². The van der Waals surface area contributed by atoms with Crippen LogP contribution in [0.3, 0.4) is 0 Å². The highest BCUT2D eigenvalue weighted by Crippen LogP contribution is 2.47. The minimum Gasteiger partial charge on any atom is -0.369 e. The van der Waals surface area contributed by atoms with Crippen LogP contribution in [0, 0.1) is 0 Å². The van der Waals surface area contributed by atoms with Gasteiger partial charge in [0.05, 0.1) is 0 Å². The van der Waals surface area contributed by atoms with Gasteiger partial charge in [-0.05, 0) is 70.9 Å². The molecule has 0 heterocycles. The fourth-order valence-electron chi connectivity index (χ4n) is 6.68. The monoisotopic (exact) mass is 768 g/mol. The Kier molecular flexibility index (Phi) is 5.78. The molecule has 0 aliphatic carbocycles. The molecule has 0 spiro atoms. The summed E-state index contributed by atoms with van der Waals surface area (Å²) in [6, 6.07) is 37.4. The summed E-state index contributed by atoms with van der Waals surface area (Å²) in [5.74, 6) is -0.826. The fourth-order valence-corrected chi connectivity index (χ4v) is 8.21. The molecular formula is C36H22I2N2O2. The van der Waals surface area contributed by atoms with Gasteiger partial charge in [-0.25, -0.2) is 0 Å². The normalized spacial score (nSPS) is 14.3. The first kappa shape index (κ1) is 25.9. The number of alkyl halides is 2. The maximum absolute atomic E-state index is 14.6. The van der Waals surface area contributed by atoms with E-state index in [1.807, 2.05) is 46.9 Å². The van der Waals surface area contributed by atoms with Gasteiger partial charge >= 0.3 is 0 Å². The van der Waals surface area contributed by atoms with Crippen molar-refractivity contribution in [2.75, 3.05) is 5.32 Å². The molecule has 6 heteroatoms. The average molecular weight is 768 g/mol. The molecule has 202 valence electrons. The van der Waals surface area contributed by atoms with Crippen molar-refractivity contribution in [3.8, 4) is 0 Å². The topological polar surface area (TPSA) is 72.2 Å². The third-order valence-electron chi connectivity index (χ3n) is 8.63. The van der Waals surface area contributed by atoms with E-state index in [9.17, 15) is 9.59 Å². The van der Waals surface area contributed by atoms with E-state index in [-0.39, 0.29) is 5.91 Å². The molecule has 0 aliphatic rings. The first-order valence-corrected chi connectivity index (χ1v) is 16.0. The zero-order valence-electron chi connectivity index (χ0n) is 22.1. The van der Waals surface area contributed by atoms with Crippen molar-refractivity contribution in [3.05, 3.63) is 115 Å². The van der Waals surface area contributed by atoms with Gasteiger partial charge in [-0.1, -0.05) is 148 Å². The summed E-state index contributed by atoms with van der Waals surface area (Å²) in [5.41, 5.74) is 7.41. The molecule has 2 unspecified atom stereocenters. The molecule has 42 heavy (non-hydrogen) atoms. The van der Waals surface area contributed by atoms with E-state index >= 15 is 0 Å². The van der Waals surface area contributed by atoms with Crippen molar-refractivity contribution in [3.63, 3.8) is 0 Å². The van der Waals surface area contributed by atoms with Crippen LogP contribution in [0.4, 0.5) is 5.69 Å². The second-order valence-corrected chi connectivity index (χ2v) is 13.8. The van der Waals surface area contributed by atoms with E-state index in [4.69, 9.17) is 5.73 Å². The summed E-state index contributed by atoms with van der Waals surface area (Å²) >= 11 is 4.19. The standard InChI is InChI=1S/C36H22I2N2O2/c37-33(34(39)41)36(38,27-17-13-23-9-7-19-3-1-5-21-11-15-25(27)31(23)29(19)21)35(42)40-28-18-14-24-10-8-20-4-2-6-22-12-16-26(28)32(24)30(20)22/h1-18,33H,(H2,39,41)(H,40,42). The zero-order valence-corrected chi connectivity index (χ0v) is 26.4. The molecule has 8 rings (SSSR count). The predicted octanol–water partition coefficient (Wildman–Crippen LogP) is 9.04. The van der Waals surface area contributed by atoms with Gasteiger partial charge in [0.25, 0.3) is 0 Å². The molecule has 0 bridgehead atoms. The first-order chi connectivity index (χ1) is 20.4. The number of hydrogen-bond acceptors (Lipinski definition) is 2. The lowest BCUT2D eigenvalue weighted by Crippen LogP contribution is -2.47. The Morgan fingerprint density at radius 3 is 1.57 bits per heavy atom. The quantitative estimate of drug-likeness (QED) is 0.104. The van der Waals surface area contributed by atoms with Crippen LogP contribution in [0.5, 0.6) is 0 Å². The number of nitrogens with one attached hydrogen (secondary N) is 1. The maximum Gasteiger partial charge on any atom is 0.246 e. The van der Waals surface area contributed by atoms with Crippen LogP contribution in [-0.2, 0) is 13.0 Å². The lowest BCUT2D eigenvalue weighted by atomic mass is 9.85. The minimum absolute atomic E-state index is 0.286. The molecule has 8 aromatic carbocycles. The van der Waals surface area contributed by atoms with Crippen molar-refractivity contribution in [2.24, 2.45) is 5.73 Å². The minimum atomic E-state index is -1.28. The summed E-state index contributed by atoms with van der Waals surface area (Å²) in [5, 5.41) is 16.5. The molecular weight excluding hydrogens is 746 g/mol. The summed E-state index contributed by atoms with van der Waals surface area (Å²) in [6.45, 7) is 0. The van der Waals surface area contributed by atoms with Crippen LogP contribution in [0.1, 0.15) is 5.56 Å². The van der Waals surface area contributed by atoms with Crippen LogP contribution in [0.15, 0.2) is 109 Å². The van der Waals surface area contributed by atoms with Gasteiger partial charge in [0.2, 0.25) is 11.8 Å². The van der Waals surface area contributed by atoms with E-state index < -0.39 is 13.3 Å². The molecule has 0 aromatic heterocycles. The number of amides is 2. The Bertz CT molecular complexity index is 2350. The van der Waals surface area contributed by atoms with Gasteiger partial charge in [0, 0.05) is 11.1 Å². The molecule has 4 nitrogen and oxygen atoms in total. The molecule has 0 saturated heterocycles. The second-order valence-electron chi connectivity index (χ2n) is 10.9. The average Bonchev–Trinajstić information content (AvgIpc) is 3.02. The van der Waals surface area contributed by atoms with Crippen LogP contribution in [-0.4, -0.2) is 15.7 Å². The first-order valence-electron chi connectivity index (χ1n) is 13.6. The van der Waals surface area contributed by atoms with Crippen molar-refractivity contribution in [1.29, 1.82) is 0 Å². The molecule has 8 aromatic rings. The molecule has 2 atom stereocenters. The largest absolute Gasteiger partial charge is 0.369 e. The molecule has 2 amide bonds. The van der Waals surface area contributed by atoms with E-state index in [2.05, 4.69) is 113 Å². The number of carbonyl (C=O) groups excluding carboxylic acids is 2. The zero-order chi connectivity index (χ0) is 28.7. The third kappa shape index (κ3) is 3.57. The summed E-state index contributed by atoms with van der Waals surface area (Å²) < 4.78 is -2.09. The number of carbonyl (C=O) groups is 2. The van der Waals surface area contributed by atoms with E-state index in [0.29, 0.717) is 5.69 Å².